The Bertz CT molecular complexity index is 526. The molecule has 23 heavy (non-hydrogen) atoms. The van der Waals surface area contributed by atoms with Gasteiger partial charge in [0.1, 0.15) is 5.75 Å². The summed E-state index contributed by atoms with van der Waals surface area (Å²) in [6, 6.07) is 8.80. The molecule has 0 aliphatic carbocycles. The van der Waals surface area contributed by atoms with Crippen molar-refractivity contribution in [2.24, 2.45) is 0 Å². The average Bonchev–Trinajstić information content (AvgIpc) is 2.62. The number of piperazine rings is 1. The first-order valence-corrected chi connectivity index (χ1v) is 8.42. The first-order valence-electron chi connectivity index (χ1n) is 8.42. The van der Waals surface area contributed by atoms with E-state index in [0.29, 0.717) is 6.04 Å². The summed E-state index contributed by atoms with van der Waals surface area (Å²) in [5.74, 6) is 0.998. The maximum atomic E-state index is 12.1. The van der Waals surface area contributed by atoms with Crippen molar-refractivity contribution < 1.29 is 14.3 Å². The van der Waals surface area contributed by atoms with Crippen LogP contribution >= 0.6 is 0 Å². The van der Waals surface area contributed by atoms with Crippen LogP contribution < -0.4 is 4.74 Å². The molecular formula is C18H26N2O3. The lowest BCUT2D eigenvalue weighted by atomic mass is 9.98. The molecule has 5 nitrogen and oxygen atoms in total. The van der Waals surface area contributed by atoms with Gasteiger partial charge in [-0.1, -0.05) is 12.1 Å². The third-order valence-corrected chi connectivity index (χ3v) is 5.02. The SMILES string of the molecule is COc1ccc([C@H]2CN(C3CCOCC3)CCN2C(C)=O)cc1. The molecule has 1 aromatic rings. The molecule has 0 saturated carbocycles. The zero-order valence-electron chi connectivity index (χ0n) is 14.0. The molecule has 2 saturated heterocycles. The Morgan fingerprint density at radius 3 is 2.48 bits per heavy atom. The predicted octanol–water partition coefficient (Wildman–Crippen LogP) is 2.08. The van der Waals surface area contributed by atoms with Crippen LogP contribution in [0.4, 0.5) is 0 Å². The summed E-state index contributed by atoms with van der Waals surface area (Å²) in [5.41, 5.74) is 1.18. The Hall–Kier alpha value is -1.59. The third kappa shape index (κ3) is 3.67. The lowest BCUT2D eigenvalue weighted by Crippen LogP contribution is -2.54. The van der Waals surface area contributed by atoms with Crippen molar-refractivity contribution in [3.05, 3.63) is 29.8 Å². The molecule has 5 heteroatoms. The molecule has 0 aromatic heterocycles. The zero-order chi connectivity index (χ0) is 16.2. The molecule has 0 N–H and O–H groups in total. The monoisotopic (exact) mass is 318 g/mol. The van der Waals surface area contributed by atoms with Crippen molar-refractivity contribution in [2.75, 3.05) is 40.0 Å². The van der Waals surface area contributed by atoms with Crippen LogP contribution in [0.5, 0.6) is 5.75 Å². The maximum Gasteiger partial charge on any atom is 0.220 e. The molecule has 2 aliphatic heterocycles. The lowest BCUT2D eigenvalue weighted by molar-refractivity contribution is -0.135. The molecule has 126 valence electrons. The Kier molecular flexibility index (Phi) is 5.18. The van der Waals surface area contributed by atoms with E-state index in [0.717, 1.165) is 51.4 Å². The topological polar surface area (TPSA) is 42.0 Å². The summed E-state index contributed by atoms with van der Waals surface area (Å²) in [5, 5.41) is 0. The number of carbonyl (C=O) groups excluding carboxylic acids is 1. The molecule has 2 heterocycles. The Balaban J connectivity index is 1.77. The lowest BCUT2D eigenvalue weighted by Gasteiger charge is -2.45. The number of hydrogen-bond acceptors (Lipinski definition) is 4. The van der Waals surface area contributed by atoms with E-state index in [1.807, 2.05) is 17.0 Å². The summed E-state index contributed by atoms with van der Waals surface area (Å²) >= 11 is 0. The summed E-state index contributed by atoms with van der Waals surface area (Å²) < 4.78 is 10.7. The van der Waals surface area contributed by atoms with E-state index in [2.05, 4.69) is 17.0 Å². The van der Waals surface area contributed by atoms with Gasteiger partial charge in [-0.05, 0) is 30.5 Å². The fourth-order valence-corrected chi connectivity index (χ4v) is 3.67. The van der Waals surface area contributed by atoms with Gasteiger partial charge in [0.2, 0.25) is 5.91 Å². The van der Waals surface area contributed by atoms with Gasteiger partial charge >= 0.3 is 0 Å². The van der Waals surface area contributed by atoms with Crippen LogP contribution in [-0.2, 0) is 9.53 Å². The van der Waals surface area contributed by atoms with Gasteiger partial charge < -0.3 is 14.4 Å². The van der Waals surface area contributed by atoms with Gasteiger partial charge in [-0.25, -0.2) is 0 Å². The number of rotatable bonds is 3. The average molecular weight is 318 g/mol. The quantitative estimate of drug-likeness (QED) is 0.856. The number of methoxy groups -OCH3 is 1. The molecule has 2 aliphatic rings. The Morgan fingerprint density at radius 1 is 1.17 bits per heavy atom. The van der Waals surface area contributed by atoms with Crippen LogP contribution in [0, 0.1) is 0 Å². The Labute approximate surface area is 138 Å². The van der Waals surface area contributed by atoms with E-state index in [1.54, 1.807) is 14.0 Å². The van der Waals surface area contributed by atoms with Crippen molar-refractivity contribution in [2.45, 2.75) is 31.8 Å². The summed E-state index contributed by atoms with van der Waals surface area (Å²) in [6.07, 6.45) is 2.19. The molecule has 1 atom stereocenters. The van der Waals surface area contributed by atoms with E-state index in [9.17, 15) is 4.79 Å². The number of amides is 1. The van der Waals surface area contributed by atoms with Gasteiger partial charge in [0.15, 0.2) is 0 Å². The van der Waals surface area contributed by atoms with Gasteiger partial charge in [0.25, 0.3) is 0 Å². The molecule has 3 rings (SSSR count). The molecule has 1 amide bonds. The second-order valence-corrected chi connectivity index (χ2v) is 6.34. The van der Waals surface area contributed by atoms with Crippen molar-refractivity contribution in [1.29, 1.82) is 0 Å². The minimum Gasteiger partial charge on any atom is -0.497 e. The minimum absolute atomic E-state index is 0.120. The fraction of sp³-hybridized carbons (Fsp3) is 0.611. The first-order chi connectivity index (χ1) is 11.2. The van der Waals surface area contributed by atoms with E-state index < -0.39 is 0 Å². The van der Waals surface area contributed by atoms with Crippen LogP contribution in [0.2, 0.25) is 0 Å². The zero-order valence-corrected chi connectivity index (χ0v) is 14.0. The number of ether oxygens (including phenoxy) is 2. The Morgan fingerprint density at radius 2 is 1.87 bits per heavy atom. The maximum absolute atomic E-state index is 12.1. The van der Waals surface area contributed by atoms with E-state index in [1.165, 1.54) is 5.56 Å². The van der Waals surface area contributed by atoms with Crippen molar-refractivity contribution >= 4 is 5.91 Å². The van der Waals surface area contributed by atoms with Crippen molar-refractivity contribution in [3.8, 4) is 5.75 Å². The number of hydrogen-bond donors (Lipinski definition) is 0. The van der Waals surface area contributed by atoms with E-state index in [4.69, 9.17) is 9.47 Å². The molecular weight excluding hydrogens is 292 g/mol. The molecule has 0 bridgehead atoms. The van der Waals surface area contributed by atoms with E-state index >= 15 is 0 Å². The second kappa shape index (κ2) is 7.32. The summed E-state index contributed by atoms with van der Waals surface area (Å²) in [4.78, 5) is 16.6. The van der Waals surface area contributed by atoms with Gasteiger partial charge in [-0.2, -0.15) is 0 Å². The molecule has 2 fully saturated rings. The second-order valence-electron chi connectivity index (χ2n) is 6.34. The highest BCUT2D eigenvalue weighted by Crippen LogP contribution is 2.29. The predicted molar refractivity (Wildman–Crippen MR) is 88.5 cm³/mol. The highest BCUT2D eigenvalue weighted by atomic mass is 16.5. The first kappa shape index (κ1) is 16.3. The summed E-state index contributed by atoms with van der Waals surface area (Å²) in [6.45, 7) is 6.02. The van der Waals surface area contributed by atoms with Gasteiger partial charge in [-0.15, -0.1) is 0 Å². The van der Waals surface area contributed by atoms with Crippen LogP contribution in [-0.4, -0.2) is 61.7 Å². The number of benzene rings is 1. The summed E-state index contributed by atoms with van der Waals surface area (Å²) in [7, 11) is 1.67. The molecule has 0 radical (unpaired) electrons. The minimum atomic E-state index is 0.120. The van der Waals surface area contributed by atoms with Crippen LogP contribution in [0.3, 0.4) is 0 Å². The van der Waals surface area contributed by atoms with Crippen molar-refractivity contribution in [1.82, 2.24) is 9.80 Å². The fourth-order valence-electron chi connectivity index (χ4n) is 3.67. The molecule has 0 spiro atoms. The van der Waals surface area contributed by atoms with Gasteiger partial charge in [-0.3, -0.25) is 9.69 Å². The van der Waals surface area contributed by atoms with Gasteiger partial charge in [0, 0.05) is 45.8 Å². The largest absolute Gasteiger partial charge is 0.497 e. The number of nitrogens with zero attached hydrogens (tertiary/aromatic N) is 2. The van der Waals surface area contributed by atoms with Crippen LogP contribution in [0.25, 0.3) is 0 Å². The molecule has 1 aromatic carbocycles. The van der Waals surface area contributed by atoms with Crippen molar-refractivity contribution in [3.63, 3.8) is 0 Å². The smallest absolute Gasteiger partial charge is 0.220 e. The van der Waals surface area contributed by atoms with E-state index in [-0.39, 0.29) is 11.9 Å². The normalized spacial score (nSPS) is 23.7. The highest BCUT2D eigenvalue weighted by molar-refractivity contribution is 5.74. The number of carbonyl (C=O) groups is 1. The third-order valence-electron chi connectivity index (χ3n) is 5.02. The van der Waals surface area contributed by atoms with Gasteiger partial charge in [0.05, 0.1) is 13.2 Å². The highest BCUT2D eigenvalue weighted by Gasteiger charge is 2.33. The van der Waals surface area contributed by atoms with Crippen LogP contribution in [0.1, 0.15) is 31.4 Å². The van der Waals surface area contributed by atoms with Crippen LogP contribution in [0.15, 0.2) is 24.3 Å². The standard InChI is InChI=1S/C18H26N2O3/c1-14(21)20-10-9-19(16-7-11-23-12-8-16)13-18(20)15-3-5-17(22-2)6-4-15/h3-6,16,18H,7-13H2,1-2H3/t18-/m1/s1. The molecule has 0 unspecified atom stereocenters.